The summed E-state index contributed by atoms with van der Waals surface area (Å²) in [5.41, 5.74) is 2.80. The molecule has 0 N–H and O–H groups in total. The van der Waals surface area contributed by atoms with E-state index in [1.54, 1.807) is 18.0 Å². The van der Waals surface area contributed by atoms with Crippen LogP contribution in [0.5, 0.6) is 0 Å². The van der Waals surface area contributed by atoms with Crippen LogP contribution in [-0.4, -0.2) is 15.2 Å². The van der Waals surface area contributed by atoms with Crippen LogP contribution in [0.3, 0.4) is 0 Å². The lowest BCUT2D eigenvalue weighted by molar-refractivity contribution is 0.956. The maximum Gasteiger partial charge on any atom is 0.127 e. The van der Waals surface area contributed by atoms with Gasteiger partial charge in [-0.15, -0.1) is 10.2 Å². The second kappa shape index (κ2) is 7.21. The molecule has 122 valence electrons. The molecule has 0 atom stereocenters. The fraction of sp³-hybridized carbons (Fsp3) is 0.0500. The van der Waals surface area contributed by atoms with Crippen LogP contribution in [0, 0.1) is 0 Å². The van der Waals surface area contributed by atoms with Crippen LogP contribution in [0.4, 0.5) is 0 Å². The summed E-state index contributed by atoms with van der Waals surface area (Å²) in [6, 6.07) is 21.9. The number of fused-ring (bicyclic) bond motifs is 1. The first kappa shape index (κ1) is 16.1. The minimum absolute atomic E-state index is 0.750. The van der Waals surface area contributed by atoms with Crippen molar-refractivity contribution in [2.45, 2.75) is 10.8 Å². The summed E-state index contributed by atoms with van der Waals surface area (Å²) in [6.45, 7) is 0. The average Bonchev–Trinajstić information content (AvgIpc) is 2.67. The summed E-state index contributed by atoms with van der Waals surface area (Å²) < 4.78 is 0. The Morgan fingerprint density at radius 1 is 0.840 bits per heavy atom. The zero-order valence-electron chi connectivity index (χ0n) is 13.3. The van der Waals surface area contributed by atoms with Gasteiger partial charge in [0.2, 0.25) is 0 Å². The maximum atomic E-state index is 6.07. The number of hydrogen-bond donors (Lipinski definition) is 0. The molecule has 25 heavy (non-hydrogen) atoms. The first-order valence-electron chi connectivity index (χ1n) is 7.85. The Kier molecular flexibility index (Phi) is 4.63. The molecule has 5 heteroatoms. The van der Waals surface area contributed by atoms with E-state index in [9.17, 15) is 0 Å². The molecule has 0 saturated carbocycles. The Bertz CT molecular complexity index is 1020. The van der Waals surface area contributed by atoms with Gasteiger partial charge in [-0.25, -0.2) is 0 Å². The van der Waals surface area contributed by atoms with E-state index in [2.05, 4.69) is 33.4 Å². The van der Waals surface area contributed by atoms with Gasteiger partial charge < -0.3 is 0 Å². The molecule has 0 unspecified atom stereocenters. The van der Waals surface area contributed by atoms with E-state index in [4.69, 9.17) is 11.6 Å². The van der Waals surface area contributed by atoms with Gasteiger partial charge in [-0.3, -0.25) is 4.98 Å². The Morgan fingerprint density at radius 2 is 1.68 bits per heavy atom. The van der Waals surface area contributed by atoms with Crippen LogP contribution in [0.1, 0.15) is 5.56 Å². The van der Waals surface area contributed by atoms with Crippen molar-refractivity contribution in [3.63, 3.8) is 0 Å². The van der Waals surface area contributed by atoms with Crippen LogP contribution >= 0.6 is 23.4 Å². The summed E-state index contributed by atoms with van der Waals surface area (Å²) in [7, 11) is 0. The van der Waals surface area contributed by atoms with Gasteiger partial charge in [0.1, 0.15) is 10.7 Å². The second-order valence-electron chi connectivity index (χ2n) is 5.53. The Balaban J connectivity index is 1.71. The normalized spacial score (nSPS) is 10.9. The van der Waals surface area contributed by atoms with Crippen molar-refractivity contribution >= 4 is 34.1 Å². The van der Waals surface area contributed by atoms with E-state index in [1.165, 1.54) is 0 Å². The molecule has 2 heterocycles. The zero-order chi connectivity index (χ0) is 17.1. The Labute approximate surface area is 155 Å². The third kappa shape index (κ3) is 3.50. The molecule has 0 aliphatic rings. The average molecular weight is 364 g/mol. The van der Waals surface area contributed by atoms with Crippen molar-refractivity contribution in [3.05, 3.63) is 83.5 Å². The number of hydrogen-bond acceptors (Lipinski definition) is 4. The summed E-state index contributed by atoms with van der Waals surface area (Å²) in [6.07, 6.45) is 1.77. The van der Waals surface area contributed by atoms with E-state index >= 15 is 0 Å². The quantitative estimate of drug-likeness (QED) is 0.440. The molecule has 0 fully saturated rings. The molecule has 2 aromatic carbocycles. The van der Waals surface area contributed by atoms with Crippen molar-refractivity contribution < 1.29 is 0 Å². The van der Waals surface area contributed by atoms with Crippen molar-refractivity contribution in [1.82, 2.24) is 15.2 Å². The number of aromatic nitrogens is 3. The van der Waals surface area contributed by atoms with Gasteiger partial charge >= 0.3 is 0 Å². The first-order chi connectivity index (χ1) is 12.3. The molecule has 4 aromatic rings. The molecule has 0 aliphatic heterocycles. The van der Waals surface area contributed by atoms with Gasteiger partial charge in [0.25, 0.3) is 0 Å². The molecule has 4 rings (SSSR count). The Hall–Kier alpha value is -2.43. The SMILES string of the molecule is Clc1cccc(CSc2nnc(-c3ccccn3)c3ccccc23)c1. The standard InChI is InChI=1S/C20H14ClN3S/c21-15-7-5-6-14(12-15)13-25-20-17-9-2-1-8-16(17)19(23-24-20)18-10-3-4-11-22-18/h1-12H,13H2. The molecule has 0 saturated heterocycles. The second-order valence-corrected chi connectivity index (χ2v) is 6.93. The lowest BCUT2D eigenvalue weighted by Gasteiger charge is -2.09. The van der Waals surface area contributed by atoms with Gasteiger partial charge in [-0.1, -0.05) is 65.8 Å². The summed E-state index contributed by atoms with van der Waals surface area (Å²) in [5.74, 6) is 0.794. The number of benzene rings is 2. The fourth-order valence-electron chi connectivity index (χ4n) is 2.66. The van der Waals surface area contributed by atoms with Crippen LogP contribution in [0.2, 0.25) is 5.02 Å². The number of nitrogens with zero attached hydrogens (tertiary/aromatic N) is 3. The Morgan fingerprint density at radius 3 is 2.48 bits per heavy atom. The molecule has 0 spiro atoms. The highest BCUT2D eigenvalue weighted by atomic mass is 35.5. The molecule has 2 aromatic heterocycles. The van der Waals surface area contributed by atoms with Gasteiger partial charge in [-0.2, -0.15) is 0 Å². The summed E-state index contributed by atoms with van der Waals surface area (Å²) >= 11 is 7.73. The molecular formula is C20H14ClN3S. The number of halogens is 1. The topological polar surface area (TPSA) is 38.7 Å². The zero-order valence-corrected chi connectivity index (χ0v) is 14.8. The van der Waals surface area contributed by atoms with E-state index in [0.29, 0.717) is 0 Å². The largest absolute Gasteiger partial charge is 0.255 e. The number of rotatable bonds is 4. The highest BCUT2D eigenvalue weighted by Gasteiger charge is 2.12. The van der Waals surface area contributed by atoms with E-state index < -0.39 is 0 Å². The molecule has 0 aliphatic carbocycles. The van der Waals surface area contributed by atoms with Gasteiger partial charge in [0.15, 0.2) is 0 Å². The predicted molar refractivity (Wildman–Crippen MR) is 104 cm³/mol. The van der Waals surface area contributed by atoms with E-state index in [-0.39, 0.29) is 0 Å². The minimum Gasteiger partial charge on any atom is -0.255 e. The first-order valence-corrected chi connectivity index (χ1v) is 9.22. The van der Waals surface area contributed by atoms with Gasteiger partial charge in [0.05, 0.1) is 5.69 Å². The third-order valence-corrected chi connectivity index (χ3v) is 5.11. The lowest BCUT2D eigenvalue weighted by Crippen LogP contribution is -1.95. The predicted octanol–water partition coefficient (Wildman–Crippen LogP) is 5.64. The number of pyridine rings is 1. The molecule has 0 radical (unpaired) electrons. The smallest absolute Gasteiger partial charge is 0.127 e. The molecule has 0 bridgehead atoms. The summed E-state index contributed by atoms with van der Waals surface area (Å²) in [4.78, 5) is 4.41. The van der Waals surface area contributed by atoms with Crippen LogP contribution in [-0.2, 0) is 5.75 Å². The molecule has 3 nitrogen and oxygen atoms in total. The van der Waals surface area contributed by atoms with Gasteiger partial charge in [0, 0.05) is 27.7 Å². The monoisotopic (exact) mass is 363 g/mol. The van der Waals surface area contributed by atoms with Crippen molar-refractivity contribution in [2.75, 3.05) is 0 Å². The third-order valence-electron chi connectivity index (χ3n) is 3.83. The fourth-order valence-corrected chi connectivity index (χ4v) is 3.78. The minimum atomic E-state index is 0.750. The maximum absolute atomic E-state index is 6.07. The highest BCUT2D eigenvalue weighted by Crippen LogP contribution is 2.32. The molecular weight excluding hydrogens is 350 g/mol. The van der Waals surface area contributed by atoms with Gasteiger partial charge in [-0.05, 0) is 29.8 Å². The van der Waals surface area contributed by atoms with Crippen LogP contribution < -0.4 is 0 Å². The van der Waals surface area contributed by atoms with Crippen LogP contribution in [0.15, 0.2) is 78.0 Å². The summed E-state index contributed by atoms with van der Waals surface area (Å²) in [5, 5.41) is 12.7. The van der Waals surface area contributed by atoms with Crippen molar-refractivity contribution in [3.8, 4) is 11.4 Å². The van der Waals surface area contributed by atoms with Crippen molar-refractivity contribution in [2.24, 2.45) is 0 Å². The number of thioether (sulfide) groups is 1. The molecule has 0 amide bonds. The lowest BCUT2D eigenvalue weighted by atomic mass is 10.1. The van der Waals surface area contributed by atoms with E-state index in [1.807, 2.05) is 48.5 Å². The van der Waals surface area contributed by atoms with Crippen LogP contribution in [0.25, 0.3) is 22.2 Å². The highest BCUT2D eigenvalue weighted by molar-refractivity contribution is 7.98. The van der Waals surface area contributed by atoms with Crippen molar-refractivity contribution in [1.29, 1.82) is 0 Å². The van der Waals surface area contributed by atoms with E-state index in [0.717, 1.165) is 43.5 Å².